The fourth-order valence-corrected chi connectivity index (χ4v) is 2.12. The maximum atomic E-state index is 12.0. The van der Waals surface area contributed by atoms with Gasteiger partial charge in [0.25, 0.3) is 0 Å². The van der Waals surface area contributed by atoms with E-state index in [1.54, 1.807) is 6.20 Å². The van der Waals surface area contributed by atoms with E-state index < -0.39 is 6.04 Å². The van der Waals surface area contributed by atoms with Gasteiger partial charge in [-0.15, -0.1) is 12.4 Å². The Balaban J connectivity index is 0.00000220. The topological polar surface area (TPSA) is 68.0 Å². The van der Waals surface area contributed by atoms with Gasteiger partial charge in [-0.05, 0) is 17.5 Å². The normalized spacial score (nSPS) is 13.3. The SMILES string of the molecule is CCC(C)C(N)C(=O)NCc1cccc2cccnc12.Cl. The molecule has 4 nitrogen and oxygen atoms in total. The largest absolute Gasteiger partial charge is 0.351 e. The predicted molar refractivity (Wildman–Crippen MR) is 88.3 cm³/mol. The zero-order chi connectivity index (χ0) is 14.5. The van der Waals surface area contributed by atoms with Crippen LogP contribution >= 0.6 is 12.4 Å². The fraction of sp³-hybridized carbons (Fsp3) is 0.375. The Morgan fingerprint density at radius 3 is 2.76 bits per heavy atom. The Morgan fingerprint density at radius 2 is 2.05 bits per heavy atom. The van der Waals surface area contributed by atoms with Crippen LogP contribution in [0, 0.1) is 5.92 Å². The van der Waals surface area contributed by atoms with E-state index >= 15 is 0 Å². The van der Waals surface area contributed by atoms with Crippen molar-refractivity contribution in [2.75, 3.05) is 0 Å². The van der Waals surface area contributed by atoms with Crippen molar-refractivity contribution in [1.29, 1.82) is 0 Å². The highest BCUT2D eigenvalue weighted by Gasteiger charge is 2.19. The Kier molecular flexibility index (Phi) is 6.59. The van der Waals surface area contributed by atoms with Gasteiger partial charge in [-0.3, -0.25) is 9.78 Å². The number of halogens is 1. The average Bonchev–Trinajstić information content (AvgIpc) is 2.50. The Labute approximate surface area is 131 Å². The zero-order valence-electron chi connectivity index (χ0n) is 12.4. The van der Waals surface area contributed by atoms with Gasteiger partial charge in [0.05, 0.1) is 11.6 Å². The molecule has 0 fully saturated rings. The van der Waals surface area contributed by atoms with Crippen molar-refractivity contribution in [2.24, 2.45) is 11.7 Å². The number of nitrogens with two attached hydrogens (primary N) is 1. The van der Waals surface area contributed by atoms with Gasteiger partial charge in [-0.2, -0.15) is 0 Å². The molecule has 2 aromatic rings. The van der Waals surface area contributed by atoms with E-state index in [-0.39, 0.29) is 24.2 Å². The number of hydrogen-bond donors (Lipinski definition) is 2. The highest BCUT2D eigenvalue weighted by atomic mass is 35.5. The van der Waals surface area contributed by atoms with E-state index in [9.17, 15) is 4.79 Å². The van der Waals surface area contributed by atoms with Crippen molar-refractivity contribution in [1.82, 2.24) is 10.3 Å². The highest BCUT2D eigenvalue weighted by molar-refractivity contribution is 5.85. The summed E-state index contributed by atoms with van der Waals surface area (Å²) in [5, 5.41) is 3.98. The lowest BCUT2D eigenvalue weighted by Gasteiger charge is -2.18. The third kappa shape index (κ3) is 4.16. The number of fused-ring (bicyclic) bond motifs is 1. The smallest absolute Gasteiger partial charge is 0.237 e. The van der Waals surface area contributed by atoms with Gasteiger partial charge in [-0.25, -0.2) is 0 Å². The van der Waals surface area contributed by atoms with Crippen LogP contribution in [0.3, 0.4) is 0 Å². The molecular formula is C16H22ClN3O. The summed E-state index contributed by atoms with van der Waals surface area (Å²) in [4.78, 5) is 16.4. The summed E-state index contributed by atoms with van der Waals surface area (Å²) in [6.07, 6.45) is 2.66. The number of aromatic nitrogens is 1. The molecule has 0 radical (unpaired) electrons. The minimum absolute atomic E-state index is 0. The number of benzene rings is 1. The number of nitrogens with one attached hydrogen (secondary N) is 1. The van der Waals surface area contributed by atoms with E-state index in [1.807, 2.05) is 44.2 Å². The molecule has 3 N–H and O–H groups in total. The number of pyridine rings is 1. The van der Waals surface area contributed by atoms with E-state index in [0.717, 1.165) is 22.9 Å². The molecule has 0 bridgehead atoms. The average molecular weight is 308 g/mol. The van der Waals surface area contributed by atoms with Gasteiger partial charge in [0.15, 0.2) is 0 Å². The number of carbonyl (C=O) groups excluding carboxylic acids is 1. The molecule has 1 aromatic carbocycles. The van der Waals surface area contributed by atoms with Crippen LogP contribution in [0.15, 0.2) is 36.5 Å². The maximum Gasteiger partial charge on any atom is 0.237 e. The molecule has 21 heavy (non-hydrogen) atoms. The number of nitrogens with zero attached hydrogens (tertiary/aromatic N) is 1. The van der Waals surface area contributed by atoms with Crippen molar-refractivity contribution in [3.8, 4) is 0 Å². The van der Waals surface area contributed by atoms with Gasteiger partial charge in [0, 0.05) is 18.1 Å². The molecule has 0 aliphatic rings. The molecule has 0 aliphatic carbocycles. The summed E-state index contributed by atoms with van der Waals surface area (Å²) in [7, 11) is 0. The van der Waals surface area contributed by atoms with E-state index in [1.165, 1.54) is 0 Å². The molecule has 0 aliphatic heterocycles. The molecule has 2 atom stereocenters. The van der Waals surface area contributed by atoms with Crippen molar-refractivity contribution in [3.63, 3.8) is 0 Å². The summed E-state index contributed by atoms with van der Waals surface area (Å²) >= 11 is 0. The minimum Gasteiger partial charge on any atom is -0.351 e. The van der Waals surface area contributed by atoms with Gasteiger partial charge in [-0.1, -0.05) is 44.5 Å². The summed E-state index contributed by atoms with van der Waals surface area (Å²) in [6.45, 7) is 4.48. The first-order valence-electron chi connectivity index (χ1n) is 6.99. The Hall–Kier alpha value is -1.65. The molecule has 0 saturated carbocycles. The minimum atomic E-state index is -0.456. The lowest BCUT2D eigenvalue weighted by Crippen LogP contribution is -2.44. The van der Waals surface area contributed by atoms with E-state index in [2.05, 4.69) is 10.3 Å². The second-order valence-corrected chi connectivity index (χ2v) is 5.12. The van der Waals surface area contributed by atoms with Crippen LogP contribution < -0.4 is 11.1 Å². The van der Waals surface area contributed by atoms with Crippen LogP contribution in [0.25, 0.3) is 10.9 Å². The summed E-state index contributed by atoms with van der Waals surface area (Å²) < 4.78 is 0. The molecule has 0 spiro atoms. The first-order valence-corrected chi connectivity index (χ1v) is 6.99. The fourth-order valence-electron chi connectivity index (χ4n) is 2.12. The van der Waals surface area contributed by atoms with Crippen LogP contribution in [-0.4, -0.2) is 16.9 Å². The quantitative estimate of drug-likeness (QED) is 0.892. The molecule has 114 valence electrons. The van der Waals surface area contributed by atoms with Gasteiger partial charge in [0.2, 0.25) is 5.91 Å². The van der Waals surface area contributed by atoms with Crippen LogP contribution in [0.2, 0.25) is 0 Å². The standard InChI is InChI=1S/C16H21N3O.ClH/c1-3-11(2)14(17)16(20)19-10-13-7-4-6-12-8-5-9-18-15(12)13;/h4-9,11,14H,3,10,17H2,1-2H3,(H,19,20);1H. The van der Waals surface area contributed by atoms with Crippen molar-refractivity contribution in [2.45, 2.75) is 32.9 Å². The van der Waals surface area contributed by atoms with Crippen molar-refractivity contribution >= 4 is 29.2 Å². The van der Waals surface area contributed by atoms with Crippen LogP contribution in [0.4, 0.5) is 0 Å². The zero-order valence-corrected chi connectivity index (χ0v) is 13.2. The molecule has 5 heteroatoms. The number of rotatable bonds is 5. The molecule has 2 rings (SSSR count). The van der Waals surface area contributed by atoms with Gasteiger partial charge < -0.3 is 11.1 Å². The van der Waals surface area contributed by atoms with Crippen LogP contribution in [0.1, 0.15) is 25.8 Å². The lowest BCUT2D eigenvalue weighted by atomic mass is 9.99. The third-order valence-corrected chi connectivity index (χ3v) is 3.73. The number of hydrogen-bond acceptors (Lipinski definition) is 3. The highest BCUT2D eigenvalue weighted by Crippen LogP contribution is 2.15. The second kappa shape index (κ2) is 7.96. The van der Waals surface area contributed by atoms with E-state index in [0.29, 0.717) is 6.54 Å². The molecule has 2 unspecified atom stereocenters. The van der Waals surface area contributed by atoms with E-state index in [4.69, 9.17) is 5.73 Å². The molecule has 1 heterocycles. The first-order chi connectivity index (χ1) is 9.63. The van der Waals surface area contributed by atoms with Crippen LogP contribution in [-0.2, 0) is 11.3 Å². The molecule has 1 aromatic heterocycles. The summed E-state index contributed by atoms with van der Waals surface area (Å²) in [5.74, 6) is 0.0768. The molecular weight excluding hydrogens is 286 g/mol. The summed E-state index contributed by atoms with van der Waals surface area (Å²) in [6, 6.07) is 9.42. The second-order valence-electron chi connectivity index (χ2n) is 5.12. The Bertz CT molecular complexity index is 598. The van der Waals surface area contributed by atoms with Crippen molar-refractivity contribution in [3.05, 3.63) is 42.1 Å². The van der Waals surface area contributed by atoms with Crippen LogP contribution in [0.5, 0.6) is 0 Å². The molecule has 0 saturated heterocycles. The number of amides is 1. The Morgan fingerprint density at radius 1 is 1.33 bits per heavy atom. The number of para-hydroxylation sites is 1. The van der Waals surface area contributed by atoms with Gasteiger partial charge >= 0.3 is 0 Å². The molecule has 1 amide bonds. The third-order valence-electron chi connectivity index (χ3n) is 3.73. The maximum absolute atomic E-state index is 12.0. The summed E-state index contributed by atoms with van der Waals surface area (Å²) in [5.41, 5.74) is 7.85. The first kappa shape index (κ1) is 17.4. The monoisotopic (exact) mass is 307 g/mol. The predicted octanol–water partition coefficient (Wildman–Crippen LogP) is 2.65. The van der Waals surface area contributed by atoms with Crippen molar-refractivity contribution < 1.29 is 4.79 Å². The number of carbonyl (C=O) groups is 1. The van der Waals surface area contributed by atoms with Gasteiger partial charge in [0.1, 0.15) is 0 Å². The lowest BCUT2D eigenvalue weighted by molar-refractivity contribution is -0.123.